The number of aromatic nitrogens is 2. The fourth-order valence-corrected chi connectivity index (χ4v) is 5.30. The Morgan fingerprint density at radius 1 is 1.14 bits per heavy atom. The number of nitrogens with one attached hydrogen (secondary N) is 1. The molecule has 6 nitrogen and oxygen atoms in total. The Hall–Kier alpha value is -3.86. The lowest BCUT2D eigenvalue weighted by molar-refractivity contribution is 0.306. The van der Waals surface area contributed by atoms with E-state index in [1.165, 1.54) is 18.5 Å². The maximum absolute atomic E-state index is 13.4. The van der Waals surface area contributed by atoms with Crippen molar-refractivity contribution in [3.63, 3.8) is 0 Å². The standard InChI is InChI=1S/C29H25ClFN5O/c1-36-13-23-21(24(23)14-36)7-5-18-10-27-22(12-26(18)32)29(34-16-33-27)35-20-6-8-28(25(30)11-20)37-15-17-3-2-4-19(31)9-17/h2-4,6,8-12,16,21,23-24H,13-15,32H2,1H3,(H,33,34,35). The van der Waals surface area contributed by atoms with E-state index in [0.717, 1.165) is 40.8 Å². The summed E-state index contributed by atoms with van der Waals surface area (Å²) in [6, 6.07) is 15.4. The molecule has 0 amide bonds. The predicted octanol–water partition coefficient (Wildman–Crippen LogP) is 5.49. The van der Waals surface area contributed by atoms with Gasteiger partial charge in [-0.25, -0.2) is 14.4 Å². The summed E-state index contributed by atoms with van der Waals surface area (Å²) >= 11 is 6.46. The van der Waals surface area contributed by atoms with Crippen molar-refractivity contribution >= 4 is 39.7 Å². The second-order valence-corrected chi connectivity index (χ2v) is 10.1. The average molecular weight is 514 g/mol. The van der Waals surface area contributed by atoms with Crippen LogP contribution >= 0.6 is 11.6 Å². The number of hydrogen-bond acceptors (Lipinski definition) is 6. The lowest BCUT2D eigenvalue weighted by atomic mass is 10.1. The Morgan fingerprint density at radius 3 is 2.76 bits per heavy atom. The average Bonchev–Trinajstić information content (AvgIpc) is 3.34. The number of nitrogens with zero attached hydrogens (tertiary/aromatic N) is 3. The molecule has 2 heterocycles. The van der Waals surface area contributed by atoms with Crippen LogP contribution in [-0.2, 0) is 6.61 Å². The number of rotatable bonds is 5. The molecule has 4 aromatic rings. The summed E-state index contributed by atoms with van der Waals surface area (Å²) in [5.74, 6) is 9.40. The number of benzene rings is 3. The van der Waals surface area contributed by atoms with E-state index in [1.54, 1.807) is 24.3 Å². The highest BCUT2D eigenvalue weighted by atomic mass is 35.5. The molecule has 1 saturated carbocycles. The van der Waals surface area contributed by atoms with Crippen LogP contribution in [0.2, 0.25) is 5.02 Å². The summed E-state index contributed by atoms with van der Waals surface area (Å²) in [5, 5.41) is 4.51. The summed E-state index contributed by atoms with van der Waals surface area (Å²) in [6.07, 6.45) is 1.51. The predicted molar refractivity (Wildman–Crippen MR) is 144 cm³/mol. The molecule has 2 unspecified atom stereocenters. The molecule has 37 heavy (non-hydrogen) atoms. The van der Waals surface area contributed by atoms with Gasteiger partial charge >= 0.3 is 0 Å². The largest absolute Gasteiger partial charge is 0.487 e. The molecule has 8 heteroatoms. The van der Waals surface area contributed by atoms with Gasteiger partial charge in [-0.1, -0.05) is 35.6 Å². The molecule has 3 N–H and O–H groups in total. The SMILES string of the molecule is CN1CC2C(C#Cc3cc4ncnc(Nc5ccc(OCc6cccc(F)c6)c(Cl)c5)c4cc3N)C2C1. The number of nitrogens with two attached hydrogens (primary N) is 1. The van der Waals surface area contributed by atoms with E-state index >= 15 is 0 Å². The van der Waals surface area contributed by atoms with Crippen LogP contribution in [0.3, 0.4) is 0 Å². The van der Waals surface area contributed by atoms with Gasteiger partial charge in [0, 0.05) is 41.3 Å². The smallest absolute Gasteiger partial charge is 0.141 e. The molecule has 1 aliphatic heterocycles. The van der Waals surface area contributed by atoms with E-state index in [2.05, 4.69) is 39.1 Å². The zero-order valence-electron chi connectivity index (χ0n) is 20.2. The molecule has 2 fully saturated rings. The third-order valence-electron chi connectivity index (χ3n) is 7.03. The fraction of sp³-hybridized carbons (Fsp3) is 0.241. The number of likely N-dealkylation sites (tertiary alicyclic amines) is 1. The van der Waals surface area contributed by atoms with Crippen molar-refractivity contribution in [2.75, 3.05) is 31.2 Å². The third kappa shape index (κ3) is 4.91. The molecule has 0 radical (unpaired) electrons. The van der Waals surface area contributed by atoms with Crippen LogP contribution < -0.4 is 15.8 Å². The normalized spacial score (nSPS) is 20.2. The number of ether oxygens (including phenoxy) is 1. The van der Waals surface area contributed by atoms with Crippen molar-refractivity contribution in [1.29, 1.82) is 0 Å². The van der Waals surface area contributed by atoms with Crippen LogP contribution in [0.15, 0.2) is 60.9 Å². The minimum absolute atomic E-state index is 0.213. The first-order chi connectivity index (χ1) is 17.9. The van der Waals surface area contributed by atoms with Crippen molar-refractivity contribution in [2.24, 2.45) is 17.8 Å². The maximum atomic E-state index is 13.4. The summed E-state index contributed by atoms with van der Waals surface area (Å²) in [5.41, 5.74) is 9.97. The number of halogens is 2. The molecular weight excluding hydrogens is 489 g/mol. The zero-order chi connectivity index (χ0) is 25.5. The van der Waals surface area contributed by atoms with E-state index in [9.17, 15) is 4.39 Å². The summed E-state index contributed by atoms with van der Waals surface area (Å²) < 4.78 is 19.2. The number of fused-ring (bicyclic) bond motifs is 2. The van der Waals surface area contributed by atoms with Crippen molar-refractivity contribution in [2.45, 2.75) is 6.61 Å². The molecule has 0 bridgehead atoms. The van der Waals surface area contributed by atoms with E-state index in [0.29, 0.717) is 40.0 Å². The molecule has 1 saturated heterocycles. The minimum Gasteiger partial charge on any atom is -0.487 e. The first kappa shape index (κ1) is 23.5. The van der Waals surface area contributed by atoms with Crippen molar-refractivity contribution in [3.05, 3.63) is 82.9 Å². The minimum atomic E-state index is -0.304. The molecule has 1 aromatic heterocycles. The monoisotopic (exact) mass is 513 g/mol. The Morgan fingerprint density at radius 2 is 1.97 bits per heavy atom. The third-order valence-corrected chi connectivity index (χ3v) is 7.33. The van der Waals surface area contributed by atoms with Gasteiger partial charge in [-0.2, -0.15) is 0 Å². The number of hydrogen-bond donors (Lipinski definition) is 2. The number of piperidine rings is 1. The second-order valence-electron chi connectivity index (χ2n) is 9.71. The highest BCUT2D eigenvalue weighted by Crippen LogP contribution is 2.50. The van der Waals surface area contributed by atoms with Crippen LogP contribution in [0, 0.1) is 35.4 Å². The maximum Gasteiger partial charge on any atom is 0.141 e. The van der Waals surface area contributed by atoms with Gasteiger partial charge in [-0.3, -0.25) is 0 Å². The fourth-order valence-electron chi connectivity index (χ4n) is 5.06. The Bertz CT molecular complexity index is 1550. The van der Waals surface area contributed by atoms with Gasteiger partial charge < -0.3 is 20.7 Å². The molecule has 0 spiro atoms. The van der Waals surface area contributed by atoms with Crippen molar-refractivity contribution in [3.8, 4) is 17.6 Å². The van der Waals surface area contributed by atoms with Gasteiger partial charge in [0.15, 0.2) is 0 Å². The first-order valence-electron chi connectivity index (χ1n) is 12.1. The highest BCUT2D eigenvalue weighted by molar-refractivity contribution is 6.32. The van der Waals surface area contributed by atoms with Gasteiger partial charge in [-0.05, 0) is 66.9 Å². The van der Waals surface area contributed by atoms with Crippen molar-refractivity contribution < 1.29 is 9.13 Å². The zero-order valence-corrected chi connectivity index (χ0v) is 21.0. The quantitative estimate of drug-likeness (QED) is 0.271. The van der Waals surface area contributed by atoms with Gasteiger partial charge in [-0.15, -0.1) is 0 Å². The lowest BCUT2D eigenvalue weighted by Gasteiger charge is -2.12. The topological polar surface area (TPSA) is 76.3 Å². The Balaban J connectivity index is 1.18. The Kier molecular flexibility index (Phi) is 6.07. The summed E-state index contributed by atoms with van der Waals surface area (Å²) in [7, 11) is 2.16. The lowest BCUT2D eigenvalue weighted by Crippen LogP contribution is -2.18. The molecule has 3 aromatic carbocycles. The van der Waals surface area contributed by atoms with Crippen LogP contribution in [0.5, 0.6) is 5.75 Å². The number of nitrogen functional groups attached to an aromatic ring is 1. The van der Waals surface area contributed by atoms with Gasteiger partial charge in [0.05, 0.1) is 10.5 Å². The Labute approximate surface area is 219 Å². The van der Waals surface area contributed by atoms with Crippen LogP contribution in [0.25, 0.3) is 10.9 Å². The summed E-state index contributed by atoms with van der Waals surface area (Å²) in [4.78, 5) is 11.2. The van der Waals surface area contributed by atoms with E-state index in [4.69, 9.17) is 22.1 Å². The molecule has 6 rings (SSSR count). The first-order valence-corrected chi connectivity index (χ1v) is 12.5. The molecular formula is C29H25ClFN5O. The molecule has 1 aliphatic carbocycles. The van der Waals surface area contributed by atoms with Crippen LogP contribution in [0.4, 0.5) is 21.6 Å². The highest BCUT2D eigenvalue weighted by Gasteiger charge is 2.53. The van der Waals surface area contributed by atoms with Gasteiger partial charge in [0.2, 0.25) is 0 Å². The molecule has 2 atom stereocenters. The van der Waals surface area contributed by atoms with Crippen LogP contribution in [-0.4, -0.2) is 35.0 Å². The van der Waals surface area contributed by atoms with E-state index in [1.807, 2.05) is 18.2 Å². The van der Waals surface area contributed by atoms with Gasteiger partial charge in [0.25, 0.3) is 0 Å². The number of anilines is 3. The molecule has 2 aliphatic rings. The van der Waals surface area contributed by atoms with Crippen molar-refractivity contribution in [1.82, 2.24) is 14.9 Å². The summed E-state index contributed by atoms with van der Waals surface area (Å²) in [6.45, 7) is 2.47. The van der Waals surface area contributed by atoms with Crippen LogP contribution in [0.1, 0.15) is 11.1 Å². The van der Waals surface area contributed by atoms with E-state index < -0.39 is 0 Å². The van der Waals surface area contributed by atoms with Gasteiger partial charge in [0.1, 0.15) is 30.3 Å². The second kappa shape index (κ2) is 9.55. The molecule has 186 valence electrons. The van der Waals surface area contributed by atoms with E-state index in [-0.39, 0.29) is 12.4 Å².